The quantitative estimate of drug-likeness (QED) is 0.635. The number of fused-ring (bicyclic) bond motifs is 1. The summed E-state index contributed by atoms with van der Waals surface area (Å²) >= 11 is 7.51. The van der Waals surface area contributed by atoms with Gasteiger partial charge in [-0.15, -0.1) is 11.8 Å². The number of carbonyl (C=O) groups is 2. The van der Waals surface area contributed by atoms with Crippen molar-refractivity contribution in [1.29, 1.82) is 0 Å². The van der Waals surface area contributed by atoms with Crippen molar-refractivity contribution in [3.63, 3.8) is 0 Å². The maximum atomic E-state index is 12.7. The molecule has 3 rings (SSSR count). The second-order valence-corrected chi connectivity index (χ2v) is 7.17. The summed E-state index contributed by atoms with van der Waals surface area (Å²) in [6.07, 6.45) is 0. The van der Waals surface area contributed by atoms with E-state index in [4.69, 9.17) is 11.6 Å². The molecule has 0 saturated heterocycles. The number of halogens is 1. The summed E-state index contributed by atoms with van der Waals surface area (Å²) in [7, 11) is 1.59. The van der Waals surface area contributed by atoms with Gasteiger partial charge >= 0.3 is 0 Å². The van der Waals surface area contributed by atoms with E-state index in [0.29, 0.717) is 27.6 Å². The van der Waals surface area contributed by atoms with E-state index < -0.39 is 4.92 Å². The number of hydrogen-bond donors (Lipinski definition) is 1. The summed E-state index contributed by atoms with van der Waals surface area (Å²) in [6, 6.07) is 9.23. The molecule has 26 heavy (non-hydrogen) atoms. The third-order valence-corrected chi connectivity index (χ3v) is 5.30. The number of amides is 2. The van der Waals surface area contributed by atoms with E-state index in [1.165, 1.54) is 34.9 Å². The predicted molar refractivity (Wildman–Crippen MR) is 99.7 cm³/mol. The van der Waals surface area contributed by atoms with Crippen molar-refractivity contribution in [2.75, 3.05) is 18.1 Å². The van der Waals surface area contributed by atoms with Crippen LogP contribution in [-0.2, 0) is 11.3 Å². The van der Waals surface area contributed by atoms with Gasteiger partial charge in [-0.2, -0.15) is 0 Å². The Morgan fingerprint density at radius 2 is 2.12 bits per heavy atom. The first kappa shape index (κ1) is 18.2. The molecular weight excluding hydrogens is 378 g/mol. The molecule has 0 atom stereocenters. The van der Waals surface area contributed by atoms with Crippen LogP contribution in [0.25, 0.3) is 0 Å². The van der Waals surface area contributed by atoms with Crippen molar-refractivity contribution in [3.05, 3.63) is 62.7 Å². The first-order valence-electron chi connectivity index (χ1n) is 7.60. The zero-order valence-corrected chi connectivity index (χ0v) is 15.3. The van der Waals surface area contributed by atoms with E-state index in [1.54, 1.807) is 25.2 Å². The van der Waals surface area contributed by atoms with Gasteiger partial charge in [0.15, 0.2) is 0 Å². The van der Waals surface area contributed by atoms with Gasteiger partial charge in [0.05, 0.1) is 16.4 Å². The van der Waals surface area contributed by atoms with Crippen molar-refractivity contribution in [1.82, 2.24) is 4.90 Å². The largest absolute Gasteiger partial charge is 0.337 e. The highest BCUT2D eigenvalue weighted by atomic mass is 35.5. The summed E-state index contributed by atoms with van der Waals surface area (Å²) in [6.45, 7) is 0.123. The van der Waals surface area contributed by atoms with Crippen molar-refractivity contribution in [2.45, 2.75) is 11.4 Å². The minimum Gasteiger partial charge on any atom is -0.337 e. The van der Waals surface area contributed by atoms with Gasteiger partial charge in [0.25, 0.3) is 11.6 Å². The van der Waals surface area contributed by atoms with E-state index in [0.717, 1.165) is 4.90 Å². The lowest BCUT2D eigenvalue weighted by Crippen LogP contribution is -2.27. The van der Waals surface area contributed by atoms with E-state index in [2.05, 4.69) is 5.32 Å². The molecule has 2 aromatic carbocycles. The van der Waals surface area contributed by atoms with Crippen LogP contribution >= 0.6 is 23.4 Å². The molecule has 9 heteroatoms. The number of nitro benzene ring substituents is 1. The Hall–Kier alpha value is -2.58. The minimum atomic E-state index is -0.508. The molecular formula is C17H14ClN3O4S. The molecule has 1 aliphatic heterocycles. The third kappa shape index (κ3) is 3.81. The van der Waals surface area contributed by atoms with E-state index in [9.17, 15) is 19.7 Å². The normalized spacial score (nSPS) is 12.9. The Bertz CT molecular complexity index is 919. The summed E-state index contributed by atoms with van der Waals surface area (Å²) in [5.74, 6) is -0.0325. The van der Waals surface area contributed by atoms with Gasteiger partial charge < -0.3 is 10.2 Å². The standard InChI is InChI=1S/C17H14ClN3O4S/c1-20(8-11-6-12(21(24)25)3-4-13(11)18)17(23)10-2-5-15-14(7-10)19-16(22)9-26-15/h2-7H,8-9H2,1H3,(H,19,22). The van der Waals surface area contributed by atoms with Gasteiger partial charge in [0, 0.05) is 41.2 Å². The van der Waals surface area contributed by atoms with Gasteiger partial charge in [-0.25, -0.2) is 0 Å². The molecule has 0 saturated carbocycles. The van der Waals surface area contributed by atoms with Crippen molar-refractivity contribution in [3.8, 4) is 0 Å². The molecule has 0 bridgehead atoms. The second kappa shape index (κ2) is 7.35. The summed E-state index contributed by atoms with van der Waals surface area (Å²) in [4.78, 5) is 36.9. The first-order chi connectivity index (χ1) is 12.3. The Kier molecular flexibility index (Phi) is 5.15. The summed E-state index contributed by atoms with van der Waals surface area (Å²) in [5, 5.41) is 14.0. The Labute approximate surface area is 158 Å². The number of nitrogens with one attached hydrogen (secondary N) is 1. The summed E-state index contributed by atoms with van der Waals surface area (Å²) < 4.78 is 0. The highest BCUT2D eigenvalue weighted by Crippen LogP contribution is 2.32. The fourth-order valence-corrected chi connectivity index (χ4v) is 3.53. The number of nitrogens with zero attached hydrogens (tertiary/aromatic N) is 2. The van der Waals surface area contributed by atoms with Crippen LogP contribution < -0.4 is 5.32 Å². The molecule has 0 unspecified atom stereocenters. The predicted octanol–water partition coefficient (Wildman–Crippen LogP) is 3.56. The molecule has 0 radical (unpaired) electrons. The number of carbonyl (C=O) groups excluding carboxylic acids is 2. The van der Waals surface area contributed by atoms with Crippen LogP contribution in [0.5, 0.6) is 0 Å². The van der Waals surface area contributed by atoms with E-state index >= 15 is 0 Å². The van der Waals surface area contributed by atoms with Crippen molar-refractivity contribution in [2.24, 2.45) is 0 Å². The molecule has 134 valence electrons. The molecule has 1 N–H and O–H groups in total. The molecule has 0 fully saturated rings. The van der Waals surface area contributed by atoms with E-state index in [1.807, 2.05) is 0 Å². The zero-order valence-electron chi connectivity index (χ0n) is 13.7. The lowest BCUT2D eigenvalue weighted by molar-refractivity contribution is -0.384. The monoisotopic (exact) mass is 391 g/mol. The van der Waals surface area contributed by atoms with Crippen LogP contribution in [0.2, 0.25) is 5.02 Å². The molecule has 0 spiro atoms. The van der Waals surface area contributed by atoms with Crippen LogP contribution in [0.3, 0.4) is 0 Å². The topological polar surface area (TPSA) is 92.5 Å². The highest BCUT2D eigenvalue weighted by molar-refractivity contribution is 8.00. The molecule has 2 aromatic rings. The number of non-ortho nitro benzene ring substituents is 1. The number of benzene rings is 2. The molecule has 0 aromatic heterocycles. The lowest BCUT2D eigenvalue weighted by Gasteiger charge is -2.20. The molecule has 1 heterocycles. The maximum Gasteiger partial charge on any atom is 0.269 e. The van der Waals surface area contributed by atoms with Crippen LogP contribution in [0.4, 0.5) is 11.4 Å². The number of rotatable bonds is 4. The smallest absolute Gasteiger partial charge is 0.269 e. The Morgan fingerprint density at radius 1 is 1.35 bits per heavy atom. The van der Waals surface area contributed by atoms with Crippen molar-refractivity contribution < 1.29 is 14.5 Å². The molecule has 0 aliphatic carbocycles. The number of hydrogen-bond acceptors (Lipinski definition) is 5. The van der Waals surface area contributed by atoms with E-state index in [-0.39, 0.29) is 24.0 Å². The van der Waals surface area contributed by atoms with Gasteiger partial charge in [0.2, 0.25) is 5.91 Å². The Balaban J connectivity index is 1.80. The fraction of sp³-hybridized carbons (Fsp3) is 0.176. The number of nitro groups is 1. The van der Waals surface area contributed by atoms with Crippen LogP contribution in [0.15, 0.2) is 41.3 Å². The second-order valence-electron chi connectivity index (χ2n) is 5.74. The first-order valence-corrected chi connectivity index (χ1v) is 8.96. The summed E-state index contributed by atoms with van der Waals surface area (Å²) in [5.41, 5.74) is 1.42. The SMILES string of the molecule is CN(Cc1cc([N+](=O)[O-])ccc1Cl)C(=O)c1ccc2c(c1)NC(=O)CS2. The maximum absolute atomic E-state index is 12.7. The Morgan fingerprint density at radius 3 is 2.85 bits per heavy atom. The van der Waals surface area contributed by atoms with Gasteiger partial charge in [-0.3, -0.25) is 19.7 Å². The molecule has 7 nitrogen and oxygen atoms in total. The molecule has 1 aliphatic rings. The zero-order chi connectivity index (χ0) is 18.8. The van der Waals surface area contributed by atoms with Crippen LogP contribution in [-0.4, -0.2) is 34.4 Å². The van der Waals surface area contributed by atoms with Crippen LogP contribution in [0.1, 0.15) is 15.9 Å². The average Bonchev–Trinajstić information content (AvgIpc) is 2.61. The average molecular weight is 392 g/mol. The number of anilines is 1. The minimum absolute atomic E-state index is 0.0845. The van der Waals surface area contributed by atoms with Gasteiger partial charge in [-0.1, -0.05) is 11.6 Å². The van der Waals surface area contributed by atoms with Crippen molar-refractivity contribution >= 4 is 46.6 Å². The third-order valence-electron chi connectivity index (χ3n) is 3.85. The lowest BCUT2D eigenvalue weighted by atomic mass is 10.1. The fourth-order valence-electron chi connectivity index (χ4n) is 2.56. The van der Waals surface area contributed by atoms with Gasteiger partial charge in [0.1, 0.15) is 0 Å². The molecule has 2 amide bonds. The van der Waals surface area contributed by atoms with Gasteiger partial charge in [-0.05, 0) is 29.8 Å². The number of thioether (sulfide) groups is 1. The highest BCUT2D eigenvalue weighted by Gasteiger charge is 2.20. The van der Waals surface area contributed by atoms with Crippen LogP contribution in [0, 0.1) is 10.1 Å².